The van der Waals surface area contributed by atoms with Gasteiger partial charge in [-0.15, -0.1) is 0 Å². The zero-order valence-corrected chi connectivity index (χ0v) is 14.7. The zero-order valence-electron chi connectivity index (χ0n) is 14.7. The van der Waals surface area contributed by atoms with Crippen molar-refractivity contribution in [2.75, 3.05) is 32.7 Å². The van der Waals surface area contributed by atoms with Gasteiger partial charge in [0.2, 0.25) is 5.91 Å². The van der Waals surface area contributed by atoms with Crippen molar-refractivity contribution in [2.24, 2.45) is 5.73 Å². The molecule has 0 aromatic heterocycles. The third kappa shape index (κ3) is 4.79. The summed E-state index contributed by atoms with van der Waals surface area (Å²) in [6, 6.07) is 9.38. The second-order valence-corrected chi connectivity index (χ2v) is 7.30. The van der Waals surface area contributed by atoms with Crippen molar-refractivity contribution in [1.29, 1.82) is 0 Å². The van der Waals surface area contributed by atoms with Crippen LogP contribution in [0.1, 0.15) is 30.9 Å². The van der Waals surface area contributed by atoms with Crippen LogP contribution in [0.5, 0.6) is 0 Å². The number of hydrogen-bond donors (Lipinski definition) is 2. The fraction of sp³-hybridized carbons (Fsp3) is 0.632. The summed E-state index contributed by atoms with van der Waals surface area (Å²) < 4.78 is 0. The van der Waals surface area contributed by atoms with Gasteiger partial charge in [-0.3, -0.25) is 9.69 Å². The van der Waals surface area contributed by atoms with Gasteiger partial charge in [-0.05, 0) is 30.9 Å². The molecule has 2 fully saturated rings. The molecule has 0 bridgehead atoms. The van der Waals surface area contributed by atoms with E-state index in [0.29, 0.717) is 12.5 Å². The summed E-state index contributed by atoms with van der Waals surface area (Å²) in [7, 11) is 0. The predicted octanol–water partition coefficient (Wildman–Crippen LogP) is 0.973. The largest absolute Gasteiger partial charge is 0.342 e. The summed E-state index contributed by atoms with van der Waals surface area (Å²) in [5.74, 6) is 0.227. The Labute approximate surface area is 145 Å². The number of hydrogen-bond acceptors (Lipinski definition) is 4. The molecular weight excluding hydrogens is 300 g/mol. The van der Waals surface area contributed by atoms with Gasteiger partial charge in [-0.2, -0.15) is 0 Å². The molecule has 5 nitrogen and oxygen atoms in total. The Morgan fingerprint density at radius 1 is 1.17 bits per heavy atom. The Morgan fingerprint density at radius 3 is 2.50 bits per heavy atom. The van der Waals surface area contributed by atoms with E-state index in [4.69, 9.17) is 5.73 Å². The molecule has 132 valence electrons. The lowest BCUT2D eigenvalue weighted by Gasteiger charge is -2.32. The fourth-order valence-electron chi connectivity index (χ4n) is 3.61. The second-order valence-electron chi connectivity index (χ2n) is 7.30. The number of carbonyl (C=O) groups is 1. The van der Waals surface area contributed by atoms with E-state index < -0.39 is 0 Å². The first-order valence-corrected chi connectivity index (χ1v) is 9.17. The van der Waals surface area contributed by atoms with Gasteiger partial charge in [0.25, 0.3) is 0 Å². The molecule has 0 radical (unpaired) electrons. The van der Waals surface area contributed by atoms with Gasteiger partial charge in [0.05, 0.1) is 6.42 Å². The van der Waals surface area contributed by atoms with Gasteiger partial charge < -0.3 is 16.0 Å². The van der Waals surface area contributed by atoms with E-state index in [2.05, 4.69) is 41.4 Å². The maximum Gasteiger partial charge on any atom is 0.226 e. The van der Waals surface area contributed by atoms with Crippen LogP contribution in [-0.2, 0) is 17.8 Å². The third-order valence-electron chi connectivity index (χ3n) is 5.13. The second kappa shape index (κ2) is 8.10. The third-order valence-corrected chi connectivity index (χ3v) is 5.13. The molecule has 0 aliphatic carbocycles. The zero-order chi connectivity index (χ0) is 16.9. The van der Waals surface area contributed by atoms with Crippen LogP contribution in [0, 0.1) is 0 Å². The maximum absolute atomic E-state index is 12.4. The highest BCUT2D eigenvalue weighted by molar-refractivity contribution is 5.78. The van der Waals surface area contributed by atoms with Crippen molar-refractivity contribution in [3.05, 3.63) is 35.4 Å². The van der Waals surface area contributed by atoms with Gasteiger partial charge in [-0.25, -0.2) is 0 Å². The number of nitrogens with one attached hydrogen (secondary N) is 1. The SMILES string of the molecule is C[C@H]1CN(Cc2ccc(CC(=O)N3CCC(N)CC3)cc2)CCN1. The van der Waals surface area contributed by atoms with E-state index in [1.54, 1.807) is 0 Å². The van der Waals surface area contributed by atoms with Gasteiger partial charge >= 0.3 is 0 Å². The Hall–Kier alpha value is -1.43. The molecule has 2 saturated heterocycles. The van der Waals surface area contributed by atoms with E-state index in [9.17, 15) is 4.79 Å². The maximum atomic E-state index is 12.4. The van der Waals surface area contributed by atoms with Gasteiger partial charge in [0.15, 0.2) is 0 Å². The van der Waals surface area contributed by atoms with Crippen LogP contribution in [0.15, 0.2) is 24.3 Å². The molecule has 1 atom stereocenters. The lowest BCUT2D eigenvalue weighted by molar-refractivity contribution is -0.131. The normalized spacial score (nSPS) is 23.4. The van der Waals surface area contributed by atoms with E-state index in [1.165, 1.54) is 5.56 Å². The number of nitrogens with zero attached hydrogens (tertiary/aromatic N) is 2. The minimum atomic E-state index is 0.227. The van der Waals surface area contributed by atoms with Crippen LogP contribution in [0.25, 0.3) is 0 Å². The monoisotopic (exact) mass is 330 g/mol. The number of carbonyl (C=O) groups excluding carboxylic acids is 1. The summed E-state index contributed by atoms with van der Waals surface area (Å²) >= 11 is 0. The highest BCUT2D eigenvalue weighted by atomic mass is 16.2. The van der Waals surface area contributed by atoms with E-state index in [0.717, 1.165) is 57.7 Å². The molecule has 3 N–H and O–H groups in total. The van der Waals surface area contributed by atoms with Gasteiger partial charge in [0, 0.05) is 51.4 Å². The molecule has 2 aliphatic heterocycles. The Morgan fingerprint density at radius 2 is 1.83 bits per heavy atom. The number of piperidine rings is 1. The van der Waals surface area contributed by atoms with Gasteiger partial charge in [0.1, 0.15) is 0 Å². The fourth-order valence-corrected chi connectivity index (χ4v) is 3.61. The molecule has 0 saturated carbocycles. The highest BCUT2D eigenvalue weighted by Gasteiger charge is 2.20. The Bertz CT molecular complexity index is 537. The summed E-state index contributed by atoms with van der Waals surface area (Å²) in [5.41, 5.74) is 8.33. The number of piperazine rings is 1. The lowest BCUT2D eigenvalue weighted by atomic mass is 10.0. The average molecular weight is 330 g/mol. The van der Waals surface area contributed by atoms with Crippen molar-refractivity contribution in [1.82, 2.24) is 15.1 Å². The molecule has 5 heteroatoms. The van der Waals surface area contributed by atoms with Crippen LogP contribution >= 0.6 is 0 Å². The Balaban J connectivity index is 1.50. The number of likely N-dealkylation sites (tertiary alicyclic amines) is 1. The predicted molar refractivity (Wildman–Crippen MR) is 96.7 cm³/mol. The first-order chi connectivity index (χ1) is 11.6. The quantitative estimate of drug-likeness (QED) is 0.864. The van der Waals surface area contributed by atoms with Crippen LogP contribution < -0.4 is 11.1 Å². The highest BCUT2D eigenvalue weighted by Crippen LogP contribution is 2.13. The minimum absolute atomic E-state index is 0.227. The first kappa shape index (κ1) is 17.4. The summed E-state index contributed by atoms with van der Waals surface area (Å²) in [5, 5.41) is 3.47. The van der Waals surface area contributed by atoms with E-state index in [-0.39, 0.29) is 11.9 Å². The van der Waals surface area contributed by atoms with Crippen LogP contribution in [0.4, 0.5) is 0 Å². The van der Waals surface area contributed by atoms with Gasteiger partial charge in [-0.1, -0.05) is 24.3 Å². The molecule has 2 heterocycles. The lowest BCUT2D eigenvalue weighted by Crippen LogP contribution is -2.48. The molecule has 24 heavy (non-hydrogen) atoms. The topological polar surface area (TPSA) is 61.6 Å². The van der Waals surface area contributed by atoms with Crippen molar-refractivity contribution in [3.63, 3.8) is 0 Å². The van der Waals surface area contributed by atoms with E-state index >= 15 is 0 Å². The molecule has 1 aromatic carbocycles. The summed E-state index contributed by atoms with van der Waals surface area (Å²) in [6.45, 7) is 8.09. The van der Waals surface area contributed by atoms with Crippen molar-refractivity contribution in [3.8, 4) is 0 Å². The smallest absolute Gasteiger partial charge is 0.226 e. The molecular formula is C19H30N4O. The van der Waals surface area contributed by atoms with Crippen LogP contribution in [0.3, 0.4) is 0 Å². The number of rotatable bonds is 4. The van der Waals surface area contributed by atoms with Crippen molar-refractivity contribution < 1.29 is 4.79 Å². The standard InChI is InChI=1S/C19H30N4O/c1-15-13-22(11-8-21-15)14-17-4-2-16(3-5-17)12-19(24)23-9-6-18(20)7-10-23/h2-5,15,18,21H,6-14,20H2,1H3/t15-/m0/s1. The number of amides is 1. The van der Waals surface area contributed by atoms with Crippen molar-refractivity contribution in [2.45, 2.75) is 44.8 Å². The van der Waals surface area contributed by atoms with E-state index in [1.807, 2.05) is 4.90 Å². The minimum Gasteiger partial charge on any atom is -0.342 e. The number of nitrogens with two attached hydrogens (primary N) is 1. The summed E-state index contributed by atoms with van der Waals surface area (Å²) in [6.07, 6.45) is 2.35. The molecule has 3 rings (SSSR count). The van der Waals surface area contributed by atoms with Crippen LogP contribution in [-0.4, -0.2) is 60.5 Å². The van der Waals surface area contributed by atoms with Crippen molar-refractivity contribution >= 4 is 5.91 Å². The molecule has 0 spiro atoms. The molecule has 1 aromatic rings. The average Bonchev–Trinajstić information content (AvgIpc) is 2.57. The Kier molecular flexibility index (Phi) is 5.87. The molecule has 2 aliphatic rings. The van der Waals surface area contributed by atoms with Crippen LogP contribution in [0.2, 0.25) is 0 Å². The molecule has 1 amide bonds. The first-order valence-electron chi connectivity index (χ1n) is 9.17. The summed E-state index contributed by atoms with van der Waals surface area (Å²) in [4.78, 5) is 16.8. The number of benzene rings is 1. The molecule has 0 unspecified atom stereocenters.